The molecule has 0 atom stereocenters. The maximum absolute atomic E-state index is 12.6. The van der Waals surface area contributed by atoms with Crippen molar-refractivity contribution < 1.29 is 14.3 Å². The number of hydrogen-bond donors (Lipinski definition) is 0. The Labute approximate surface area is 168 Å². The number of anilines is 1. The van der Waals surface area contributed by atoms with Crippen LogP contribution in [0.25, 0.3) is 15.9 Å². The predicted octanol–water partition coefficient (Wildman–Crippen LogP) is 2.66. The lowest BCUT2D eigenvalue weighted by Crippen LogP contribution is -2.33. The zero-order chi connectivity index (χ0) is 20.0. The highest BCUT2D eigenvalue weighted by Crippen LogP contribution is 2.27. The number of aromatic nitrogens is 2. The number of fused-ring (bicyclic) bond motifs is 3. The first-order chi connectivity index (χ1) is 14.1. The van der Waals surface area contributed by atoms with Gasteiger partial charge in [0, 0.05) is 18.4 Å². The van der Waals surface area contributed by atoms with Crippen molar-refractivity contribution in [2.24, 2.45) is 0 Å². The summed E-state index contributed by atoms with van der Waals surface area (Å²) in [6.45, 7) is 0.224. The third-order valence-electron chi connectivity index (χ3n) is 4.93. The van der Waals surface area contributed by atoms with Crippen LogP contribution in [0, 0.1) is 0 Å². The average molecular weight is 405 g/mol. The maximum atomic E-state index is 12.6. The van der Waals surface area contributed by atoms with Crippen LogP contribution in [0.4, 0.5) is 5.69 Å². The molecule has 0 aliphatic carbocycles. The standard InChI is InChI=1S/C21H15N3O4S/c25-18(23-10-8-13-5-1-2-6-15(13)23)12-28-21(27)16-11-14-19(29-16)22-17-7-3-4-9-24(17)20(14)26/h1-7,9,11H,8,10,12H2. The zero-order valence-electron chi connectivity index (χ0n) is 15.2. The molecule has 144 valence electrons. The number of amides is 1. The molecule has 1 aromatic carbocycles. The van der Waals surface area contributed by atoms with Crippen molar-refractivity contribution in [1.82, 2.24) is 9.38 Å². The van der Waals surface area contributed by atoms with Crippen LogP contribution in [0.15, 0.2) is 59.5 Å². The second kappa shape index (κ2) is 6.82. The Bertz CT molecular complexity index is 1340. The van der Waals surface area contributed by atoms with Gasteiger partial charge < -0.3 is 9.64 Å². The molecular formula is C21H15N3O4S. The van der Waals surface area contributed by atoms with Gasteiger partial charge in [-0.2, -0.15) is 0 Å². The fourth-order valence-corrected chi connectivity index (χ4v) is 4.45. The first kappa shape index (κ1) is 17.6. The van der Waals surface area contributed by atoms with Crippen molar-refractivity contribution in [3.8, 4) is 0 Å². The third-order valence-corrected chi connectivity index (χ3v) is 5.94. The van der Waals surface area contributed by atoms with Crippen LogP contribution < -0.4 is 10.5 Å². The molecule has 0 saturated carbocycles. The Morgan fingerprint density at radius 1 is 1.14 bits per heavy atom. The van der Waals surface area contributed by atoms with E-state index in [4.69, 9.17) is 4.74 Å². The van der Waals surface area contributed by atoms with Gasteiger partial charge in [0.25, 0.3) is 11.5 Å². The minimum Gasteiger partial charge on any atom is -0.451 e. The number of esters is 1. The van der Waals surface area contributed by atoms with E-state index in [0.717, 1.165) is 29.0 Å². The van der Waals surface area contributed by atoms with Crippen LogP contribution in [0.5, 0.6) is 0 Å². The van der Waals surface area contributed by atoms with Crippen LogP contribution in [0.3, 0.4) is 0 Å². The second-order valence-corrected chi connectivity index (χ2v) is 7.71. The lowest BCUT2D eigenvalue weighted by molar-refractivity contribution is -0.121. The van der Waals surface area contributed by atoms with E-state index < -0.39 is 5.97 Å². The number of ether oxygens (including phenoxy) is 1. The lowest BCUT2D eigenvalue weighted by Gasteiger charge is -2.16. The van der Waals surface area contributed by atoms with Gasteiger partial charge in [0.1, 0.15) is 15.4 Å². The quantitative estimate of drug-likeness (QED) is 0.490. The van der Waals surface area contributed by atoms with Crippen LogP contribution in [0.1, 0.15) is 15.2 Å². The first-order valence-electron chi connectivity index (χ1n) is 9.08. The van der Waals surface area contributed by atoms with Crippen LogP contribution in [-0.2, 0) is 16.0 Å². The van der Waals surface area contributed by atoms with Gasteiger partial charge in [-0.25, -0.2) is 9.78 Å². The number of para-hydroxylation sites is 1. The molecule has 0 N–H and O–H groups in total. The van der Waals surface area contributed by atoms with Crippen molar-refractivity contribution >= 4 is 44.8 Å². The molecule has 0 unspecified atom stereocenters. The fraction of sp³-hybridized carbons (Fsp3) is 0.143. The predicted molar refractivity (Wildman–Crippen MR) is 110 cm³/mol. The van der Waals surface area contributed by atoms with Gasteiger partial charge in [-0.3, -0.25) is 14.0 Å². The fourth-order valence-electron chi connectivity index (χ4n) is 3.52. The molecule has 1 aliphatic rings. The molecule has 5 rings (SSSR count). The van der Waals surface area contributed by atoms with Crippen molar-refractivity contribution in [1.29, 1.82) is 0 Å². The number of thiophene rings is 1. The number of carbonyl (C=O) groups is 2. The molecule has 0 bridgehead atoms. The number of rotatable bonds is 3. The Hall–Kier alpha value is -3.52. The largest absolute Gasteiger partial charge is 0.451 e. The summed E-state index contributed by atoms with van der Waals surface area (Å²) in [4.78, 5) is 44.3. The molecule has 1 amide bonds. The molecule has 29 heavy (non-hydrogen) atoms. The maximum Gasteiger partial charge on any atom is 0.348 e. The molecular weight excluding hydrogens is 390 g/mol. The van der Waals surface area contributed by atoms with Crippen LogP contribution in [0.2, 0.25) is 0 Å². The second-order valence-electron chi connectivity index (χ2n) is 6.68. The number of pyridine rings is 1. The number of hydrogen-bond acceptors (Lipinski definition) is 6. The summed E-state index contributed by atoms with van der Waals surface area (Å²) in [7, 11) is 0. The summed E-state index contributed by atoms with van der Waals surface area (Å²) in [6, 6.07) is 14.4. The Balaban J connectivity index is 1.35. The molecule has 0 saturated heterocycles. The minimum absolute atomic E-state index is 0.245. The summed E-state index contributed by atoms with van der Waals surface area (Å²) in [5, 5.41) is 0.352. The summed E-state index contributed by atoms with van der Waals surface area (Å²) in [6.07, 6.45) is 2.42. The van der Waals surface area contributed by atoms with Gasteiger partial charge in [-0.15, -0.1) is 11.3 Å². The lowest BCUT2D eigenvalue weighted by atomic mass is 10.2. The van der Waals surface area contributed by atoms with Gasteiger partial charge in [-0.05, 0) is 36.2 Å². The highest BCUT2D eigenvalue weighted by atomic mass is 32.1. The molecule has 4 heterocycles. The SMILES string of the molecule is O=C(OCC(=O)N1CCc2ccccc21)c1cc2c(=O)n3ccccc3nc2s1. The van der Waals surface area contributed by atoms with Gasteiger partial charge >= 0.3 is 5.97 Å². The number of benzene rings is 1. The Morgan fingerprint density at radius 2 is 1.97 bits per heavy atom. The molecule has 3 aromatic heterocycles. The van der Waals surface area contributed by atoms with E-state index in [-0.39, 0.29) is 23.0 Å². The zero-order valence-corrected chi connectivity index (χ0v) is 16.0. The highest BCUT2D eigenvalue weighted by molar-refractivity contribution is 7.20. The van der Waals surface area contributed by atoms with Crippen molar-refractivity contribution in [2.75, 3.05) is 18.1 Å². The Kier molecular flexibility index (Phi) is 4.13. The smallest absolute Gasteiger partial charge is 0.348 e. The van der Waals surface area contributed by atoms with E-state index in [1.807, 2.05) is 24.3 Å². The van der Waals surface area contributed by atoms with Crippen molar-refractivity contribution in [2.45, 2.75) is 6.42 Å². The summed E-state index contributed by atoms with van der Waals surface area (Å²) in [5.74, 6) is -0.907. The summed E-state index contributed by atoms with van der Waals surface area (Å²) < 4.78 is 6.66. The van der Waals surface area contributed by atoms with E-state index in [2.05, 4.69) is 4.98 Å². The van der Waals surface area contributed by atoms with Gasteiger partial charge in [0.05, 0.1) is 5.39 Å². The average Bonchev–Trinajstić information content (AvgIpc) is 3.36. The van der Waals surface area contributed by atoms with E-state index in [9.17, 15) is 14.4 Å². The van der Waals surface area contributed by atoms with Gasteiger partial charge in [0.15, 0.2) is 6.61 Å². The first-order valence-corrected chi connectivity index (χ1v) is 9.90. The van der Waals surface area contributed by atoms with Gasteiger partial charge in [0.2, 0.25) is 0 Å². The van der Waals surface area contributed by atoms with E-state index in [1.165, 1.54) is 10.5 Å². The Morgan fingerprint density at radius 3 is 2.86 bits per heavy atom. The molecule has 0 spiro atoms. The van der Waals surface area contributed by atoms with Crippen molar-refractivity contribution in [3.63, 3.8) is 0 Å². The van der Waals surface area contributed by atoms with E-state index in [1.54, 1.807) is 29.3 Å². The number of nitrogens with zero attached hydrogens (tertiary/aromatic N) is 3. The number of carbonyl (C=O) groups excluding carboxylic acids is 2. The molecule has 0 fully saturated rings. The molecule has 0 radical (unpaired) electrons. The summed E-state index contributed by atoms with van der Waals surface area (Å²) >= 11 is 1.08. The minimum atomic E-state index is -0.637. The molecule has 4 aromatic rings. The van der Waals surface area contributed by atoms with Gasteiger partial charge in [-0.1, -0.05) is 24.3 Å². The molecule has 8 heteroatoms. The monoisotopic (exact) mass is 405 g/mol. The van der Waals surface area contributed by atoms with E-state index >= 15 is 0 Å². The molecule has 7 nitrogen and oxygen atoms in total. The highest BCUT2D eigenvalue weighted by Gasteiger charge is 2.25. The van der Waals surface area contributed by atoms with Crippen molar-refractivity contribution in [3.05, 3.63) is 75.5 Å². The van der Waals surface area contributed by atoms with Crippen LogP contribution in [-0.4, -0.2) is 34.4 Å². The molecule has 1 aliphatic heterocycles. The van der Waals surface area contributed by atoms with E-state index in [0.29, 0.717) is 22.4 Å². The topological polar surface area (TPSA) is 81.0 Å². The summed E-state index contributed by atoms with van der Waals surface area (Å²) in [5.41, 5.74) is 2.23. The van der Waals surface area contributed by atoms with Crippen LogP contribution >= 0.6 is 11.3 Å². The third kappa shape index (κ3) is 2.98. The normalized spacial score (nSPS) is 13.0.